The second-order valence-corrected chi connectivity index (χ2v) is 5.10. The number of benzene rings is 1. The van der Waals surface area contributed by atoms with Crippen molar-refractivity contribution in [3.05, 3.63) is 58.0 Å². The molecular formula is C13H10Cl2N4. The topological polar surface area (TPSA) is 56.2 Å². The summed E-state index contributed by atoms with van der Waals surface area (Å²) in [5.74, 6) is 0.784. The first kappa shape index (κ1) is 12.3. The molecule has 0 unspecified atom stereocenters. The van der Waals surface area contributed by atoms with Crippen LogP contribution in [0.3, 0.4) is 0 Å². The monoisotopic (exact) mass is 292 g/mol. The molecule has 0 saturated heterocycles. The number of fused-ring (bicyclic) bond motifs is 1. The van der Waals surface area contributed by atoms with Crippen molar-refractivity contribution in [2.45, 2.75) is 6.42 Å². The van der Waals surface area contributed by atoms with Crippen molar-refractivity contribution in [1.82, 2.24) is 14.6 Å². The Hall–Kier alpha value is -1.78. The van der Waals surface area contributed by atoms with Crippen LogP contribution in [-0.2, 0) is 6.42 Å². The molecule has 19 heavy (non-hydrogen) atoms. The molecule has 96 valence electrons. The molecule has 0 fully saturated rings. The van der Waals surface area contributed by atoms with Gasteiger partial charge in [0.1, 0.15) is 5.82 Å². The molecule has 0 aliphatic rings. The minimum absolute atomic E-state index is 0.516. The number of nitrogens with two attached hydrogens (primary N) is 1. The SMILES string of the molecule is Nc1cc(Cl)cn2c(Cc3ccc(Cl)cc3)nnc12. The van der Waals surface area contributed by atoms with Crippen LogP contribution in [0.25, 0.3) is 5.65 Å². The van der Waals surface area contributed by atoms with E-state index in [1.54, 1.807) is 12.3 Å². The number of rotatable bonds is 2. The summed E-state index contributed by atoms with van der Waals surface area (Å²) in [5.41, 5.74) is 8.09. The lowest BCUT2D eigenvalue weighted by Gasteiger charge is -2.03. The molecule has 6 heteroatoms. The smallest absolute Gasteiger partial charge is 0.184 e. The minimum atomic E-state index is 0.516. The van der Waals surface area contributed by atoms with Crippen molar-refractivity contribution in [2.75, 3.05) is 5.73 Å². The van der Waals surface area contributed by atoms with E-state index in [0.717, 1.165) is 11.4 Å². The predicted octanol–water partition coefficient (Wildman–Crippen LogP) is 3.21. The van der Waals surface area contributed by atoms with Gasteiger partial charge in [0.2, 0.25) is 0 Å². The lowest BCUT2D eigenvalue weighted by molar-refractivity contribution is 0.935. The van der Waals surface area contributed by atoms with Crippen molar-refractivity contribution in [2.24, 2.45) is 0 Å². The van der Waals surface area contributed by atoms with E-state index in [0.29, 0.717) is 27.8 Å². The van der Waals surface area contributed by atoms with Crippen LogP contribution in [0.2, 0.25) is 10.0 Å². The molecular weight excluding hydrogens is 283 g/mol. The minimum Gasteiger partial charge on any atom is -0.396 e. The summed E-state index contributed by atoms with van der Waals surface area (Å²) in [5, 5.41) is 9.50. The van der Waals surface area contributed by atoms with Crippen LogP contribution in [0.4, 0.5) is 5.69 Å². The number of nitrogen functional groups attached to an aromatic ring is 1. The van der Waals surface area contributed by atoms with Gasteiger partial charge in [-0.1, -0.05) is 35.3 Å². The lowest BCUT2D eigenvalue weighted by Crippen LogP contribution is -1.98. The van der Waals surface area contributed by atoms with Gasteiger partial charge in [-0.25, -0.2) is 0 Å². The van der Waals surface area contributed by atoms with E-state index in [9.17, 15) is 0 Å². The molecule has 2 heterocycles. The summed E-state index contributed by atoms with van der Waals surface area (Å²) in [6, 6.07) is 9.27. The van der Waals surface area contributed by atoms with Gasteiger partial charge in [-0.2, -0.15) is 0 Å². The van der Waals surface area contributed by atoms with E-state index in [-0.39, 0.29) is 0 Å². The molecule has 0 atom stereocenters. The summed E-state index contributed by atoms with van der Waals surface area (Å²) < 4.78 is 1.81. The van der Waals surface area contributed by atoms with Crippen LogP contribution in [0.1, 0.15) is 11.4 Å². The molecule has 0 aliphatic carbocycles. The van der Waals surface area contributed by atoms with Gasteiger partial charge in [-0.3, -0.25) is 4.40 Å². The summed E-state index contributed by atoms with van der Waals surface area (Å²) in [7, 11) is 0. The summed E-state index contributed by atoms with van der Waals surface area (Å²) in [6.07, 6.45) is 2.40. The van der Waals surface area contributed by atoms with E-state index in [4.69, 9.17) is 28.9 Å². The van der Waals surface area contributed by atoms with Crippen molar-refractivity contribution in [3.8, 4) is 0 Å². The van der Waals surface area contributed by atoms with Crippen LogP contribution in [-0.4, -0.2) is 14.6 Å². The number of pyridine rings is 1. The zero-order valence-corrected chi connectivity index (χ0v) is 11.4. The normalized spacial score (nSPS) is 11.1. The Kier molecular flexibility index (Phi) is 3.05. The van der Waals surface area contributed by atoms with Crippen LogP contribution in [0.5, 0.6) is 0 Å². The maximum absolute atomic E-state index is 6.00. The third-order valence-electron chi connectivity index (χ3n) is 2.85. The summed E-state index contributed by atoms with van der Waals surface area (Å²) in [4.78, 5) is 0. The molecule has 0 amide bonds. The highest BCUT2D eigenvalue weighted by Crippen LogP contribution is 2.20. The molecule has 2 N–H and O–H groups in total. The van der Waals surface area contributed by atoms with Gasteiger partial charge in [0.25, 0.3) is 0 Å². The molecule has 4 nitrogen and oxygen atoms in total. The van der Waals surface area contributed by atoms with Crippen LogP contribution < -0.4 is 5.73 Å². The van der Waals surface area contributed by atoms with Crippen molar-refractivity contribution in [1.29, 1.82) is 0 Å². The average molecular weight is 293 g/mol. The number of halogens is 2. The Bertz CT molecular complexity index is 734. The molecule has 3 rings (SSSR count). The average Bonchev–Trinajstić information content (AvgIpc) is 2.76. The largest absolute Gasteiger partial charge is 0.396 e. The predicted molar refractivity (Wildman–Crippen MR) is 76.7 cm³/mol. The Labute approximate surface area is 119 Å². The van der Waals surface area contributed by atoms with E-state index in [1.807, 2.05) is 28.7 Å². The van der Waals surface area contributed by atoms with Gasteiger partial charge in [0.15, 0.2) is 5.65 Å². The fourth-order valence-electron chi connectivity index (χ4n) is 1.94. The highest BCUT2D eigenvalue weighted by Gasteiger charge is 2.09. The Morgan fingerprint density at radius 1 is 1.05 bits per heavy atom. The maximum Gasteiger partial charge on any atom is 0.184 e. The standard InChI is InChI=1S/C13H10Cl2N4/c14-9-3-1-8(2-4-9)5-12-17-18-13-11(16)6-10(15)7-19(12)13/h1-4,6-7H,5,16H2. The molecule has 0 bridgehead atoms. The summed E-state index contributed by atoms with van der Waals surface area (Å²) >= 11 is 11.9. The molecule has 3 aromatic rings. The summed E-state index contributed by atoms with van der Waals surface area (Å²) in [6.45, 7) is 0. The zero-order valence-electron chi connectivity index (χ0n) is 9.85. The van der Waals surface area contributed by atoms with Gasteiger partial charge in [-0.05, 0) is 23.8 Å². The molecule has 1 aromatic carbocycles. The fraction of sp³-hybridized carbons (Fsp3) is 0.0769. The third kappa shape index (κ3) is 2.37. The number of hydrogen-bond donors (Lipinski definition) is 1. The van der Waals surface area contributed by atoms with Gasteiger partial charge in [0, 0.05) is 17.6 Å². The Morgan fingerprint density at radius 2 is 1.79 bits per heavy atom. The second kappa shape index (κ2) is 4.72. The zero-order chi connectivity index (χ0) is 13.4. The molecule has 0 spiro atoms. The third-order valence-corrected chi connectivity index (χ3v) is 3.30. The van der Waals surface area contributed by atoms with E-state index < -0.39 is 0 Å². The van der Waals surface area contributed by atoms with Crippen LogP contribution >= 0.6 is 23.2 Å². The Morgan fingerprint density at radius 3 is 2.53 bits per heavy atom. The number of aromatic nitrogens is 3. The first-order valence-corrected chi connectivity index (χ1v) is 6.42. The number of hydrogen-bond acceptors (Lipinski definition) is 3. The van der Waals surface area contributed by atoms with Crippen molar-refractivity contribution >= 4 is 34.5 Å². The second-order valence-electron chi connectivity index (χ2n) is 4.23. The quantitative estimate of drug-likeness (QED) is 0.789. The van der Waals surface area contributed by atoms with Crippen molar-refractivity contribution in [3.63, 3.8) is 0 Å². The number of anilines is 1. The molecule has 0 saturated carbocycles. The Balaban J connectivity index is 2.03. The van der Waals surface area contributed by atoms with E-state index in [1.165, 1.54) is 0 Å². The van der Waals surface area contributed by atoms with Gasteiger partial charge in [-0.15, -0.1) is 10.2 Å². The molecule has 0 radical (unpaired) electrons. The lowest BCUT2D eigenvalue weighted by atomic mass is 10.1. The molecule has 0 aliphatic heterocycles. The van der Waals surface area contributed by atoms with Gasteiger partial charge < -0.3 is 5.73 Å². The highest BCUT2D eigenvalue weighted by atomic mass is 35.5. The number of nitrogens with zero attached hydrogens (tertiary/aromatic N) is 3. The molecule has 2 aromatic heterocycles. The van der Waals surface area contributed by atoms with E-state index >= 15 is 0 Å². The fourth-order valence-corrected chi connectivity index (χ4v) is 2.28. The van der Waals surface area contributed by atoms with Crippen molar-refractivity contribution < 1.29 is 0 Å². The van der Waals surface area contributed by atoms with Crippen LogP contribution in [0.15, 0.2) is 36.5 Å². The first-order valence-electron chi connectivity index (χ1n) is 5.66. The van der Waals surface area contributed by atoms with E-state index in [2.05, 4.69) is 10.2 Å². The van der Waals surface area contributed by atoms with Gasteiger partial charge in [0.05, 0.1) is 10.7 Å². The highest BCUT2D eigenvalue weighted by molar-refractivity contribution is 6.31. The first-order chi connectivity index (χ1) is 9.13. The van der Waals surface area contributed by atoms with Gasteiger partial charge >= 0.3 is 0 Å². The van der Waals surface area contributed by atoms with Crippen LogP contribution in [0, 0.1) is 0 Å². The maximum atomic E-state index is 6.00.